The molecule has 0 atom stereocenters. The molecule has 22 heavy (non-hydrogen) atoms. The Morgan fingerprint density at radius 2 is 1.50 bits per heavy atom. The Bertz CT molecular complexity index is 931. The van der Waals surface area contributed by atoms with Crippen molar-refractivity contribution in [3.63, 3.8) is 0 Å². The van der Waals surface area contributed by atoms with Crippen LogP contribution >= 0.6 is 0 Å². The van der Waals surface area contributed by atoms with Gasteiger partial charge >= 0.3 is 0 Å². The molecule has 3 rings (SSSR count). The van der Waals surface area contributed by atoms with Crippen LogP contribution in [0.25, 0.3) is 0 Å². The molecule has 1 aliphatic carbocycles. The van der Waals surface area contributed by atoms with E-state index >= 15 is 0 Å². The molecule has 0 saturated carbocycles. The molecule has 0 bridgehead atoms. The number of fused-ring (bicyclic) bond motifs is 2. The van der Waals surface area contributed by atoms with Gasteiger partial charge in [-0.15, -0.1) is 0 Å². The van der Waals surface area contributed by atoms with E-state index in [9.17, 15) is 22.6 Å². The number of nitrogens with one attached hydrogen (secondary N) is 1. The average Bonchev–Trinajstić information content (AvgIpc) is 2.50. The molecule has 0 aliphatic heterocycles. The van der Waals surface area contributed by atoms with E-state index in [4.69, 9.17) is 0 Å². The highest BCUT2D eigenvalue weighted by atomic mass is 32.2. The van der Waals surface area contributed by atoms with E-state index in [0.717, 1.165) is 6.07 Å². The van der Waals surface area contributed by atoms with Gasteiger partial charge in [0, 0.05) is 23.9 Å². The molecule has 0 amide bonds. The first-order valence-corrected chi connectivity index (χ1v) is 7.81. The molecule has 0 fully saturated rings. The Morgan fingerprint density at radius 1 is 0.909 bits per heavy atom. The van der Waals surface area contributed by atoms with Crippen LogP contribution in [0, 0.1) is 0 Å². The van der Waals surface area contributed by atoms with Crippen molar-refractivity contribution in [1.82, 2.24) is 0 Å². The lowest BCUT2D eigenvalue weighted by atomic mass is 9.83. The predicted octanol–water partition coefficient (Wildman–Crippen LogP) is 1.75. The summed E-state index contributed by atoms with van der Waals surface area (Å²) in [5, 5.41) is 2.81. The quantitative estimate of drug-likeness (QED) is 0.698. The van der Waals surface area contributed by atoms with Gasteiger partial charge in [0.1, 0.15) is 4.90 Å². The zero-order valence-corrected chi connectivity index (χ0v) is 12.3. The largest absolute Gasteiger partial charge is 0.388 e. The van der Waals surface area contributed by atoms with Crippen molar-refractivity contribution < 1.29 is 22.6 Å². The number of carbonyl (C=O) groups is 2. The maximum atomic E-state index is 12.7. The highest BCUT2D eigenvalue weighted by molar-refractivity contribution is 7.86. The van der Waals surface area contributed by atoms with Gasteiger partial charge < -0.3 is 5.32 Å². The van der Waals surface area contributed by atoms with Crippen LogP contribution in [-0.4, -0.2) is 31.6 Å². The van der Waals surface area contributed by atoms with E-state index in [2.05, 4.69) is 5.32 Å². The van der Waals surface area contributed by atoms with E-state index in [0.29, 0.717) is 5.69 Å². The first kappa shape index (κ1) is 14.4. The van der Waals surface area contributed by atoms with E-state index in [1.165, 1.54) is 18.2 Å². The molecule has 0 aromatic heterocycles. The topological polar surface area (TPSA) is 101 Å². The zero-order valence-electron chi connectivity index (χ0n) is 11.5. The SMILES string of the molecule is CNc1cccc2c1C(=O)c1c(cccc1S(=O)(=O)O)C2=O. The molecule has 2 aromatic carbocycles. The fraction of sp³-hybridized carbons (Fsp3) is 0.0667. The molecule has 0 unspecified atom stereocenters. The van der Waals surface area contributed by atoms with Crippen LogP contribution in [0.4, 0.5) is 5.69 Å². The summed E-state index contributed by atoms with van der Waals surface area (Å²) >= 11 is 0. The van der Waals surface area contributed by atoms with E-state index in [-0.39, 0.29) is 22.3 Å². The summed E-state index contributed by atoms with van der Waals surface area (Å²) in [5.74, 6) is -1.06. The van der Waals surface area contributed by atoms with E-state index in [1.54, 1.807) is 19.2 Å². The summed E-state index contributed by atoms with van der Waals surface area (Å²) in [4.78, 5) is 24.7. The number of benzene rings is 2. The van der Waals surface area contributed by atoms with Crippen molar-refractivity contribution in [2.45, 2.75) is 4.90 Å². The monoisotopic (exact) mass is 317 g/mol. The maximum absolute atomic E-state index is 12.7. The van der Waals surface area contributed by atoms with Crippen molar-refractivity contribution in [3.05, 3.63) is 58.7 Å². The fourth-order valence-electron chi connectivity index (χ4n) is 2.63. The van der Waals surface area contributed by atoms with Gasteiger partial charge in [0.05, 0.1) is 11.1 Å². The van der Waals surface area contributed by atoms with Crippen molar-refractivity contribution in [2.24, 2.45) is 0 Å². The molecule has 2 N–H and O–H groups in total. The van der Waals surface area contributed by atoms with Crippen molar-refractivity contribution in [2.75, 3.05) is 12.4 Å². The Kier molecular flexibility index (Phi) is 3.12. The molecule has 0 heterocycles. The molecular formula is C15H11NO5S. The molecule has 0 spiro atoms. The first-order valence-electron chi connectivity index (χ1n) is 6.37. The van der Waals surface area contributed by atoms with E-state index < -0.39 is 26.6 Å². The number of hydrogen-bond acceptors (Lipinski definition) is 5. The summed E-state index contributed by atoms with van der Waals surface area (Å²) in [6, 6.07) is 8.56. The molecule has 7 heteroatoms. The fourth-order valence-corrected chi connectivity index (χ4v) is 3.35. The van der Waals surface area contributed by atoms with Crippen LogP contribution in [0.5, 0.6) is 0 Å². The second-order valence-electron chi connectivity index (χ2n) is 4.79. The number of ketones is 2. The van der Waals surface area contributed by atoms with Crippen LogP contribution < -0.4 is 5.32 Å². The highest BCUT2D eigenvalue weighted by Crippen LogP contribution is 2.34. The Labute approximate surface area is 126 Å². The number of carbonyl (C=O) groups excluding carboxylic acids is 2. The molecule has 6 nitrogen and oxygen atoms in total. The van der Waals surface area contributed by atoms with Gasteiger partial charge in [0.2, 0.25) is 0 Å². The molecule has 0 saturated heterocycles. The van der Waals surface area contributed by atoms with Gasteiger partial charge in [-0.25, -0.2) is 0 Å². The number of rotatable bonds is 2. The number of hydrogen-bond donors (Lipinski definition) is 2. The summed E-state index contributed by atoms with van der Waals surface area (Å²) in [6.45, 7) is 0. The summed E-state index contributed by atoms with van der Waals surface area (Å²) in [7, 11) is -3.02. The molecule has 112 valence electrons. The third-order valence-corrected chi connectivity index (χ3v) is 4.48. The normalized spacial score (nSPS) is 13.5. The first-order chi connectivity index (χ1) is 10.4. The van der Waals surface area contributed by atoms with Crippen molar-refractivity contribution in [3.8, 4) is 0 Å². The smallest absolute Gasteiger partial charge is 0.295 e. The minimum atomic E-state index is -4.62. The minimum Gasteiger partial charge on any atom is -0.388 e. The zero-order chi connectivity index (χ0) is 16.1. The van der Waals surface area contributed by atoms with Crippen LogP contribution in [0.2, 0.25) is 0 Å². The van der Waals surface area contributed by atoms with Gasteiger partial charge in [0.25, 0.3) is 10.1 Å². The Morgan fingerprint density at radius 3 is 2.09 bits per heavy atom. The van der Waals surface area contributed by atoms with Gasteiger partial charge in [0.15, 0.2) is 11.6 Å². The van der Waals surface area contributed by atoms with Crippen LogP contribution in [-0.2, 0) is 10.1 Å². The predicted molar refractivity (Wildman–Crippen MR) is 79.1 cm³/mol. The maximum Gasteiger partial charge on any atom is 0.295 e. The summed E-state index contributed by atoms with van der Waals surface area (Å²) < 4.78 is 32.3. The van der Waals surface area contributed by atoms with Crippen LogP contribution in [0.15, 0.2) is 41.3 Å². The van der Waals surface area contributed by atoms with Crippen molar-refractivity contribution in [1.29, 1.82) is 0 Å². The Balaban J connectivity index is 2.41. The third kappa shape index (κ3) is 1.94. The molecular weight excluding hydrogens is 306 g/mol. The third-order valence-electron chi connectivity index (χ3n) is 3.58. The average molecular weight is 317 g/mol. The molecule has 2 aromatic rings. The van der Waals surface area contributed by atoms with Gasteiger partial charge in [-0.1, -0.05) is 24.3 Å². The standard InChI is InChI=1S/C15H11NO5S/c1-16-10-6-2-4-8-12(10)15(18)13-9(14(8)17)5-3-7-11(13)22(19,20)21/h2-7,16H,1H3,(H,19,20,21). The van der Waals surface area contributed by atoms with Crippen molar-refractivity contribution >= 4 is 27.4 Å². The molecule has 0 radical (unpaired) electrons. The van der Waals surface area contributed by atoms with E-state index in [1.807, 2.05) is 0 Å². The highest BCUT2D eigenvalue weighted by Gasteiger charge is 2.35. The second-order valence-corrected chi connectivity index (χ2v) is 6.18. The number of anilines is 1. The summed E-state index contributed by atoms with van der Waals surface area (Å²) in [6.07, 6.45) is 0. The summed E-state index contributed by atoms with van der Waals surface area (Å²) in [5.41, 5.74) is 0.424. The lowest BCUT2D eigenvalue weighted by Gasteiger charge is -2.21. The minimum absolute atomic E-state index is 0.0270. The van der Waals surface area contributed by atoms with Crippen LogP contribution in [0.3, 0.4) is 0 Å². The van der Waals surface area contributed by atoms with Gasteiger partial charge in [-0.2, -0.15) is 8.42 Å². The Hall–Kier alpha value is -2.51. The molecule has 1 aliphatic rings. The van der Waals surface area contributed by atoms with Crippen LogP contribution in [0.1, 0.15) is 31.8 Å². The van der Waals surface area contributed by atoms with Gasteiger partial charge in [-0.3, -0.25) is 14.1 Å². The second kappa shape index (κ2) is 4.75. The van der Waals surface area contributed by atoms with Gasteiger partial charge in [-0.05, 0) is 12.1 Å². The lowest BCUT2D eigenvalue weighted by Crippen LogP contribution is -2.24. The lowest BCUT2D eigenvalue weighted by molar-refractivity contribution is 0.0977.